The molecule has 178 valence electrons. The van der Waals surface area contributed by atoms with Crippen LogP contribution in [0.15, 0.2) is 84.9 Å². The molecule has 1 fully saturated rings. The lowest BCUT2D eigenvalue weighted by Gasteiger charge is -2.40. The van der Waals surface area contributed by atoms with Crippen molar-refractivity contribution in [1.29, 1.82) is 0 Å². The van der Waals surface area contributed by atoms with Crippen LogP contribution in [0.2, 0.25) is 0 Å². The van der Waals surface area contributed by atoms with Gasteiger partial charge in [0.05, 0.1) is 6.04 Å². The van der Waals surface area contributed by atoms with Crippen LogP contribution in [-0.2, 0) is 10.2 Å². The molecule has 34 heavy (non-hydrogen) atoms. The van der Waals surface area contributed by atoms with Gasteiger partial charge in [0.1, 0.15) is 5.75 Å². The first-order valence-corrected chi connectivity index (χ1v) is 12.2. The minimum atomic E-state index is -0.508. The summed E-state index contributed by atoms with van der Waals surface area (Å²) >= 11 is 0. The zero-order chi connectivity index (χ0) is 24.1. The van der Waals surface area contributed by atoms with E-state index in [-0.39, 0.29) is 17.4 Å². The van der Waals surface area contributed by atoms with Crippen LogP contribution in [0.3, 0.4) is 0 Å². The Morgan fingerprint density at radius 1 is 0.765 bits per heavy atom. The molecule has 0 aliphatic carbocycles. The summed E-state index contributed by atoms with van der Waals surface area (Å²) in [4.78, 5) is 17.5. The van der Waals surface area contributed by atoms with Gasteiger partial charge in [0.15, 0.2) is 6.10 Å². The first-order chi connectivity index (χ1) is 16.3. The van der Waals surface area contributed by atoms with Crippen LogP contribution in [0.5, 0.6) is 5.75 Å². The molecule has 4 nitrogen and oxygen atoms in total. The number of carbonyl (C=O) groups is 1. The third kappa shape index (κ3) is 5.68. The second-order valence-electron chi connectivity index (χ2n) is 10.1. The van der Waals surface area contributed by atoms with Crippen LogP contribution in [0, 0.1) is 0 Å². The largest absolute Gasteiger partial charge is 0.481 e. The summed E-state index contributed by atoms with van der Waals surface area (Å²) in [6.45, 7) is 11.5. The molecule has 1 heterocycles. The quantitative estimate of drug-likeness (QED) is 0.478. The van der Waals surface area contributed by atoms with Crippen molar-refractivity contribution in [3.63, 3.8) is 0 Å². The van der Waals surface area contributed by atoms with Gasteiger partial charge in [0.25, 0.3) is 5.91 Å². The van der Waals surface area contributed by atoms with E-state index in [4.69, 9.17) is 4.74 Å². The van der Waals surface area contributed by atoms with Gasteiger partial charge in [-0.2, -0.15) is 0 Å². The van der Waals surface area contributed by atoms with Crippen LogP contribution in [0.1, 0.15) is 50.4 Å². The number of hydrogen-bond donors (Lipinski definition) is 0. The van der Waals surface area contributed by atoms with Crippen molar-refractivity contribution in [2.75, 3.05) is 26.2 Å². The summed E-state index contributed by atoms with van der Waals surface area (Å²) in [5.74, 6) is 0.788. The highest BCUT2D eigenvalue weighted by molar-refractivity contribution is 5.81. The van der Waals surface area contributed by atoms with Gasteiger partial charge >= 0.3 is 0 Å². The molecular formula is C30H36N2O2. The highest BCUT2D eigenvalue weighted by Crippen LogP contribution is 2.30. The number of benzene rings is 3. The lowest BCUT2D eigenvalue weighted by atomic mass is 9.87. The lowest BCUT2D eigenvalue weighted by molar-refractivity contribution is -0.140. The number of nitrogens with zero attached hydrogens (tertiary/aromatic N) is 2. The Bertz CT molecular complexity index is 1010. The second kappa shape index (κ2) is 10.4. The van der Waals surface area contributed by atoms with E-state index in [0.29, 0.717) is 13.1 Å². The van der Waals surface area contributed by atoms with E-state index in [1.807, 2.05) is 24.0 Å². The maximum absolute atomic E-state index is 13.1. The van der Waals surface area contributed by atoms with Crippen molar-refractivity contribution in [2.24, 2.45) is 0 Å². The Morgan fingerprint density at radius 2 is 1.26 bits per heavy atom. The van der Waals surface area contributed by atoms with Gasteiger partial charge in [-0.15, -0.1) is 0 Å². The van der Waals surface area contributed by atoms with Gasteiger partial charge in [-0.25, -0.2) is 0 Å². The first kappa shape index (κ1) is 24.0. The van der Waals surface area contributed by atoms with E-state index in [9.17, 15) is 4.79 Å². The molecule has 0 radical (unpaired) electrons. The second-order valence-corrected chi connectivity index (χ2v) is 10.1. The van der Waals surface area contributed by atoms with Gasteiger partial charge in [-0.3, -0.25) is 9.69 Å². The smallest absolute Gasteiger partial charge is 0.263 e. The fourth-order valence-corrected chi connectivity index (χ4v) is 4.63. The summed E-state index contributed by atoms with van der Waals surface area (Å²) < 4.78 is 6.01. The molecule has 0 saturated carbocycles. The number of carbonyl (C=O) groups excluding carboxylic acids is 1. The molecule has 0 N–H and O–H groups in total. The van der Waals surface area contributed by atoms with Gasteiger partial charge in [0, 0.05) is 26.2 Å². The van der Waals surface area contributed by atoms with Crippen LogP contribution >= 0.6 is 0 Å². The van der Waals surface area contributed by atoms with E-state index in [1.165, 1.54) is 16.7 Å². The Kier molecular flexibility index (Phi) is 7.38. The zero-order valence-electron chi connectivity index (χ0n) is 20.8. The number of amides is 1. The summed E-state index contributed by atoms with van der Waals surface area (Å²) in [5.41, 5.74) is 3.91. The Hall–Kier alpha value is -3.11. The SMILES string of the molecule is C[C@H](Oc1ccc(C(C)(C)C)cc1)C(=O)N1CCN(C(c2ccccc2)c2ccccc2)CC1. The van der Waals surface area contributed by atoms with Crippen molar-refractivity contribution in [3.05, 3.63) is 102 Å². The number of rotatable bonds is 6. The summed E-state index contributed by atoms with van der Waals surface area (Å²) in [6.07, 6.45) is -0.508. The van der Waals surface area contributed by atoms with Gasteiger partial charge in [-0.1, -0.05) is 93.6 Å². The predicted octanol–water partition coefficient (Wildman–Crippen LogP) is 5.69. The van der Waals surface area contributed by atoms with E-state index < -0.39 is 6.10 Å². The summed E-state index contributed by atoms with van der Waals surface area (Å²) in [7, 11) is 0. The maximum Gasteiger partial charge on any atom is 0.263 e. The molecule has 3 aromatic carbocycles. The lowest BCUT2D eigenvalue weighted by Crippen LogP contribution is -2.52. The third-order valence-electron chi connectivity index (χ3n) is 6.60. The Labute approximate surface area is 204 Å². The molecule has 1 amide bonds. The molecule has 1 saturated heterocycles. The van der Waals surface area contributed by atoms with Gasteiger partial charge < -0.3 is 9.64 Å². The number of hydrogen-bond acceptors (Lipinski definition) is 3. The summed E-state index contributed by atoms with van der Waals surface area (Å²) in [6, 6.07) is 29.5. The fraction of sp³-hybridized carbons (Fsp3) is 0.367. The molecule has 0 spiro atoms. The standard InChI is InChI=1S/C30H36N2O2/c1-23(34-27-17-15-26(16-18-27)30(2,3)4)29(33)32-21-19-31(20-22-32)28(24-11-7-5-8-12-24)25-13-9-6-10-14-25/h5-18,23,28H,19-22H2,1-4H3/t23-/m0/s1. The van der Waals surface area contributed by atoms with Crippen molar-refractivity contribution in [2.45, 2.75) is 45.3 Å². The minimum Gasteiger partial charge on any atom is -0.481 e. The van der Waals surface area contributed by atoms with Crippen LogP contribution in [0.25, 0.3) is 0 Å². The highest BCUT2D eigenvalue weighted by Gasteiger charge is 2.30. The van der Waals surface area contributed by atoms with Gasteiger partial charge in [-0.05, 0) is 41.2 Å². The molecule has 1 aliphatic heterocycles. The van der Waals surface area contributed by atoms with Gasteiger partial charge in [0.2, 0.25) is 0 Å². The average molecular weight is 457 g/mol. The average Bonchev–Trinajstić information content (AvgIpc) is 2.85. The predicted molar refractivity (Wildman–Crippen MR) is 138 cm³/mol. The normalized spacial score (nSPS) is 15.9. The number of piperazine rings is 1. The first-order valence-electron chi connectivity index (χ1n) is 12.2. The van der Waals surface area contributed by atoms with E-state index in [0.717, 1.165) is 18.8 Å². The zero-order valence-corrected chi connectivity index (χ0v) is 20.8. The van der Waals surface area contributed by atoms with Crippen LogP contribution < -0.4 is 4.74 Å². The van der Waals surface area contributed by atoms with E-state index >= 15 is 0 Å². The Balaban J connectivity index is 1.39. The van der Waals surface area contributed by atoms with Crippen molar-refractivity contribution < 1.29 is 9.53 Å². The van der Waals surface area contributed by atoms with Crippen molar-refractivity contribution in [1.82, 2.24) is 9.80 Å². The topological polar surface area (TPSA) is 32.8 Å². The molecule has 3 aromatic rings. The fourth-order valence-electron chi connectivity index (χ4n) is 4.63. The molecule has 4 heteroatoms. The molecule has 0 bridgehead atoms. The highest BCUT2D eigenvalue weighted by atomic mass is 16.5. The monoisotopic (exact) mass is 456 g/mol. The minimum absolute atomic E-state index is 0.0514. The van der Waals surface area contributed by atoms with E-state index in [2.05, 4.69) is 98.5 Å². The molecule has 1 atom stereocenters. The molecule has 0 unspecified atom stereocenters. The third-order valence-corrected chi connectivity index (χ3v) is 6.60. The Morgan fingerprint density at radius 3 is 1.74 bits per heavy atom. The molecular weight excluding hydrogens is 420 g/mol. The number of ether oxygens (including phenoxy) is 1. The summed E-state index contributed by atoms with van der Waals surface area (Å²) in [5, 5.41) is 0. The maximum atomic E-state index is 13.1. The van der Waals surface area contributed by atoms with E-state index in [1.54, 1.807) is 0 Å². The van der Waals surface area contributed by atoms with Crippen LogP contribution in [0.4, 0.5) is 0 Å². The van der Waals surface area contributed by atoms with Crippen molar-refractivity contribution >= 4 is 5.91 Å². The molecule has 0 aromatic heterocycles. The van der Waals surface area contributed by atoms with Crippen molar-refractivity contribution in [3.8, 4) is 5.75 Å². The van der Waals surface area contributed by atoms with Crippen LogP contribution in [-0.4, -0.2) is 48.0 Å². The molecule has 1 aliphatic rings. The molecule has 4 rings (SSSR count).